The Balaban J connectivity index is 2.65. The Morgan fingerprint density at radius 1 is 1.50 bits per heavy atom. The Hall–Kier alpha value is -0.790. The topological polar surface area (TPSA) is 26.3 Å². The van der Waals surface area contributed by atoms with Gasteiger partial charge in [-0.3, -0.25) is 4.79 Å². The maximum Gasteiger partial charge on any atom is 0.162 e. The number of carbonyl (C=O) groups excluding carboxylic acids is 1. The number of ether oxygens (including phenoxy) is 1. The lowest BCUT2D eigenvalue weighted by Crippen LogP contribution is -1.92. The van der Waals surface area contributed by atoms with E-state index in [2.05, 4.69) is 0 Å². The van der Waals surface area contributed by atoms with Gasteiger partial charge in [0, 0.05) is 18.4 Å². The molecular formula is C8H12O2. The molecule has 56 valence electrons. The van der Waals surface area contributed by atoms with E-state index < -0.39 is 0 Å². The summed E-state index contributed by atoms with van der Waals surface area (Å²) in [5, 5.41) is 0. The van der Waals surface area contributed by atoms with Crippen LogP contribution in [0.25, 0.3) is 0 Å². The van der Waals surface area contributed by atoms with Crippen molar-refractivity contribution in [1.29, 1.82) is 0 Å². The predicted octanol–water partition coefficient (Wildman–Crippen LogP) is 1.66. The molecule has 0 amide bonds. The Morgan fingerprint density at radius 2 is 2.20 bits per heavy atom. The van der Waals surface area contributed by atoms with Crippen molar-refractivity contribution < 1.29 is 9.53 Å². The lowest BCUT2D eigenvalue weighted by molar-refractivity contribution is -0.114. The van der Waals surface area contributed by atoms with E-state index in [1.54, 1.807) is 0 Å². The second kappa shape index (κ2) is 2.86. The number of ketones is 1. The fourth-order valence-electron chi connectivity index (χ4n) is 1.11. The van der Waals surface area contributed by atoms with Crippen molar-refractivity contribution >= 4 is 5.78 Å². The van der Waals surface area contributed by atoms with Gasteiger partial charge in [0.2, 0.25) is 0 Å². The number of Topliss-reactive ketones (excluding diaryl/α,β-unsaturated/α-hetero) is 1. The van der Waals surface area contributed by atoms with E-state index >= 15 is 0 Å². The lowest BCUT2D eigenvalue weighted by Gasteiger charge is -2.02. The summed E-state index contributed by atoms with van der Waals surface area (Å²) < 4.78 is 5.24. The average molecular weight is 140 g/mol. The number of rotatable bonds is 2. The molecule has 1 aliphatic carbocycles. The lowest BCUT2D eigenvalue weighted by atomic mass is 10.2. The molecule has 2 nitrogen and oxygen atoms in total. The van der Waals surface area contributed by atoms with Gasteiger partial charge in [-0.1, -0.05) is 0 Å². The maximum absolute atomic E-state index is 10.9. The van der Waals surface area contributed by atoms with Gasteiger partial charge in [0.15, 0.2) is 5.78 Å². The second-order valence-corrected chi connectivity index (χ2v) is 2.40. The molecule has 0 atom stereocenters. The minimum atomic E-state index is 0.239. The quantitative estimate of drug-likeness (QED) is 0.583. The Bertz CT molecular complexity index is 180. The highest BCUT2D eigenvalue weighted by Crippen LogP contribution is 2.22. The van der Waals surface area contributed by atoms with Gasteiger partial charge in [-0.25, -0.2) is 0 Å². The van der Waals surface area contributed by atoms with Crippen LogP contribution in [0.5, 0.6) is 0 Å². The largest absolute Gasteiger partial charge is 0.498 e. The molecular weight excluding hydrogens is 128 g/mol. The predicted molar refractivity (Wildman–Crippen MR) is 38.6 cm³/mol. The summed E-state index contributed by atoms with van der Waals surface area (Å²) in [5.74, 6) is 1.14. The third-order valence-electron chi connectivity index (χ3n) is 1.73. The highest BCUT2D eigenvalue weighted by molar-refractivity contribution is 5.97. The van der Waals surface area contributed by atoms with Crippen LogP contribution in [0.2, 0.25) is 0 Å². The molecule has 10 heavy (non-hydrogen) atoms. The molecule has 1 aliphatic rings. The van der Waals surface area contributed by atoms with Crippen LogP contribution in [0.3, 0.4) is 0 Å². The van der Waals surface area contributed by atoms with Crippen molar-refractivity contribution in [2.45, 2.75) is 26.7 Å². The van der Waals surface area contributed by atoms with Gasteiger partial charge >= 0.3 is 0 Å². The van der Waals surface area contributed by atoms with Gasteiger partial charge in [-0.05, 0) is 13.8 Å². The third kappa shape index (κ3) is 1.20. The van der Waals surface area contributed by atoms with Crippen molar-refractivity contribution in [2.24, 2.45) is 0 Å². The zero-order valence-electron chi connectivity index (χ0n) is 6.44. The number of hydrogen-bond acceptors (Lipinski definition) is 2. The molecule has 0 bridgehead atoms. The van der Waals surface area contributed by atoms with E-state index in [4.69, 9.17) is 4.74 Å². The smallest absolute Gasteiger partial charge is 0.162 e. The van der Waals surface area contributed by atoms with E-state index in [0.29, 0.717) is 13.0 Å². The first-order chi connectivity index (χ1) is 4.75. The van der Waals surface area contributed by atoms with Crippen LogP contribution in [0.15, 0.2) is 11.3 Å². The van der Waals surface area contributed by atoms with Crippen molar-refractivity contribution in [2.75, 3.05) is 6.61 Å². The number of carbonyl (C=O) groups is 1. The minimum absolute atomic E-state index is 0.239. The molecule has 0 aliphatic heterocycles. The van der Waals surface area contributed by atoms with E-state index in [-0.39, 0.29) is 5.78 Å². The van der Waals surface area contributed by atoms with Crippen LogP contribution in [0.1, 0.15) is 26.7 Å². The van der Waals surface area contributed by atoms with E-state index in [1.807, 2.05) is 13.8 Å². The summed E-state index contributed by atoms with van der Waals surface area (Å²) >= 11 is 0. The molecule has 0 spiro atoms. The molecule has 0 fully saturated rings. The van der Waals surface area contributed by atoms with Gasteiger partial charge in [0.05, 0.1) is 6.61 Å². The zero-order chi connectivity index (χ0) is 7.56. The van der Waals surface area contributed by atoms with Crippen molar-refractivity contribution in [3.63, 3.8) is 0 Å². The van der Waals surface area contributed by atoms with E-state index in [1.165, 1.54) is 0 Å². The van der Waals surface area contributed by atoms with Gasteiger partial charge in [0.1, 0.15) is 5.76 Å². The summed E-state index contributed by atoms with van der Waals surface area (Å²) in [6.07, 6.45) is 1.44. The van der Waals surface area contributed by atoms with Crippen molar-refractivity contribution in [1.82, 2.24) is 0 Å². The van der Waals surface area contributed by atoms with Crippen molar-refractivity contribution in [3.05, 3.63) is 11.3 Å². The van der Waals surface area contributed by atoms with E-state index in [0.717, 1.165) is 17.8 Å². The maximum atomic E-state index is 10.9. The molecule has 0 aromatic carbocycles. The highest BCUT2D eigenvalue weighted by atomic mass is 16.5. The second-order valence-electron chi connectivity index (χ2n) is 2.40. The molecule has 0 aromatic rings. The summed E-state index contributed by atoms with van der Waals surface area (Å²) in [7, 11) is 0. The molecule has 0 N–H and O–H groups in total. The first kappa shape index (κ1) is 7.32. The fourth-order valence-corrected chi connectivity index (χ4v) is 1.11. The van der Waals surface area contributed by atoms with Crippen LogP contribution in [-0.4, -0.2) is 12.4 Å². The van der Waals surface area contributed by atoms with Crippen LogP contribution in [0, 0.1) is 0 Å². The standard InChI is InChI=1S/C8H12O2/c1-3-10-8-5-4-7(9)6(8)2/h3-5H2,1-2H3. The SMILES string of the molecule is CCOC1=C(C)C(=O)CC1. The molecule has 0 heterocycles. The van der Waals surface area contributed by atoms with E-state index in [9.17, 15) is 4.79 Å². The molecule has 0 unspecified atom stereocenters. The first-order valence-corrected chi connectivity index (χ1v) is 3.61. The molecule has 2 heteroatoms. The number of allylic oxidation sites excluding steroid dienone is 2. The van der Waals surface area contributed by atoms with Gasteiger partial charge in [-0.2, -0.15) is 0 Å². The zero-order valence-corrected chi connectivity index (χ0v) is 6.44. The molecule has 1 rings (SSSR count). The molecule has 0 radical (unpaired) electrons. The Kier molecular flexibility index (Phi) is 2.10. The van der Waals surface area contributed by atoms with Crippen LogP contribution in [-0.2, 0) is 9.53 Å². The monoisotopic (exact) mass is 140 g/mol. The van der Waals surface area contributed by atoms with Crippen LogP contribution in [0.4, 0.5) is 0 Å². The fraction of sp³-hybridized carbons (Fsp3) is 0.625. The van der Waals surface area contributed by atoms with Gasteiger partial charge in [0.25, 0.3) is 0 Å². The Labute approximate surface area is 60.9 Å². The minimum Gasteiger partial charge on any atom is -0.498 e. The molecule has 0 saturated carbocycles. The highest BCUT2D eigenvalue weighted by Gasteiger charge is 2.19. The normalized spacial score (nSPS) is 18.4. The summed E-state index contributed by atoms with van der Waals surface area (Å²) in [5.41, 5.74) is 0.821. The number of hydrogen-bond donors (Lipinski definition) is 0. The average Bonchev–Trinajstić information content (AvgIpc) is 2.20. The Morgan fingerprint density at radius 3 is 2.60 bits per heavy atom. The third-order valence-corrected chi connectivity index (χ3v) is 1.73. The van der Waals surface area contributed by atoms with Gasteiger partial charge in [-0.15, -0.1) is 0 Å². The van der Waals surface area contributed by atoms with Gasteiger partial charge < -0.3 is 4.74 Å². The first-order valence-electron chi connectivity index (χ1n) is 3.61. The summed E-state index contributed by atoms with van der Waals surface area (Å²) in [6, 6.07) is 0. The van der Waals surface area contributed by atoms with Crippen LogP contribution >= 0.6 is 0 Å². The molecule has 0 aromatic heterocycles. The van der Waals surface area contributed by atoms with Crippen LogP contribution < -0.4 is 0 Å². The molecule has 0 saturated heterocycles. The summed E-state index contributed by atoms with van der Waals surface area (Å²) in [4.78, 5) is 10.9. The van der Waals surface area contributed by atoms with Crippen molar-refractivity contribution in [3.8, 4) is 0 Å². The summed E-state index contributed by atoms with van der Waals surface area (Å²) in [6.45, 7) is 4.43.